The van der Waals surface area contributed by atoms with Gasteiger partial charge in [0.25, 0.3) is 0 Å². The molecule has 12 rings (SSSR count). The molecule has 12 aromatic rings. The second-order valence-electron chi connectivity index (χ2n) is 24.5. The third-order valence-electron chi connectivity index (χ3n) is 15.8. The van der Waals surface area contributed by atoms with Crippen molar-refractivity contribution in [2.24, 2.45) is 0 Å². The van der Waals surface area contributed by atoms with Crippen LogP contribution in [0.1, 0.15) is 105 Å². The Bertz CT molecular complexity index is 3770. The molecule has 0 bridgehead atoms. The highest BCUT2D eigenvalue weighted by atomic mass is 14.3. The van der Waals surface area contributed by atoms with E-state index in [1.165, 1.54) is 142 Å². The third kappa shape index (κ3) is 6.85. The molecule has 0 radical (unpaired) electrons. The molecule has 12 aromatic carbocycles. The summed E-state index contributed by atoms with van der Waals surface area (Å²) in [6, 6.07) is 66.3. The van der Waals surface area contributed by atoms with Gasteiger partial charge in [-0.2, -0.15) is 0 Å². The summed E-state index contributed by atoms with van der Waals surface area (Å²) in [5.41, 5.74) is 15.8. The molecular weight excluding hydrogens is 841 g/mol. The van der Waals surface area contributed by atoms with Crippen LogP contribution >= 0.6 is 0 Å². The zero-order valence-corrected chi connectivity index (χ0v) is 43.2. The Balaban J connectivity index is 1.15. The number of benzene rings is 10. The molecule has 0 atom stereocenters. The molecule has 0 N–H and O–H groups in total. The molecule has 344 valence electrons. The van der Waals surface area contributed by atoms with Crippen LogP contribution in [-0.2, 0) is 21.7 Å². The van der Waals surface area contributed by atoms with E-state index in [1.54, 1.807) is 0 Å². The Hall–Kier alpha value is -7.02. The van der Waals surface area contributed by atoms with Crippen molar-refractivity contribution in [3.63, 3.8) is 0 Å². The zero-order valence-electron chi connectivity index (χ0n) is 43.2. The summed E-state index contributed by atoms with van der Waals surface area (Å²) in [6.45, 7) is 27.8. The van der Waals surface area contributed by atoms with Gasteiger partial charge in [0.1, 0.15) is 0 Å². The predicted molar refractivity (Wildman–Crippen MR) is 308 cm³/mol. The van der Waals surface area contributed by atoms with Crippen molar-refractivity contribution in [1.82, 2.24) is 0 Å². The molecule has 0 heteroatoms. The maximum absolute atomic E-state index is 2.54. The first-order chi connectivity index (χ1) is 33.3. The Morgan fingerprint density at radius 1 is 0.200 bits per heavy atom. The molecule has 0 nitrogen and oxygen atoms in total. The first kappa shape index (κ1) is 44.2. The summed E-state index contributed by atoms with van der Waals surface area (Å²) in [4.78, 5) is 0. The van der Waals surface area contributed by atoms with Crippen LogP contribution in [0, 0.1) is 0 Å². The minimum absolute atomic E-state index is 0.00672. The van der Waals surface area contributed by atoms with Crippen LogP contribution in [0.5, 0.6) is 0 Å². The molecule has 0 aliphatic rings. The highest BCUT2D eigenvalue weighted by Crippen LogP contribution is 2.53. The molecule has 0 amide bonds. The minimum atomic E-state index is -0.00672. The van der Waals surface area contributed by atoms with E-state index < -0.39 is 0 Å². The smallest absolute Gasteiger partial charge is 0.00137 e. The summed E-state index contributed by atoms with van der Waals surface area (Å²) in [5, 5.41) is 18.6. The fraction of sp³-hybridized carbons (Fsp3) is 0.229. The van der Waals surface area contributed by atoms with Gasteiger partial charge in [-0.05, 0) is 188 Å². The Morgan fingerprint density at radius 2 is 0.500 bits per heavy atom. The van der Waals surface area contributed by atoms with E-state index in [0.29, 0.717) is 0 Å². The Kier molecular flexibility index (Phi) is 9.62. The van der Waals surface area contributed by atoms with Gasteiger partial charge in [-0.1, -0.05) is 229 Å². The van der Waals surface area contributed by atoms with Crippen molar-refractivity contribution in [1.29, 1.82) is 0 Å². The predicted octanol–water partition coefficient (Wildman–Crippen LogP) is 20.5. The van der Waals surface area contributed by atoms with Crippen LogP contribution in [0.4, 0.5) is 0 Å². The largest absolute Gasteiger partial charge is 0.0616 e. The van der Waals surface area contributed by atoms with Crippen molar-refractivity contribution in [2.75, 3.05) is 0 Å². The first-order valence-corrected chi connectivity index (χ1v) is 25.5. The van der Waals surface area contributed by atoms with Gasteiger partial charge < -0.3 is 0 Å². The lowest BCUT2D eigenvalue weighted by atomic mass is 9.81. The fourth-order valence-electron chi connectivity index (χ4n) is 11.8. The van der Waals surface area contributed by atoms with Crippen LogP contribution in [0.15, 0.2) is 170 Å². The second-order valence-corrected chi connectivity index (χ2v) is 24.5. The summed E-state index contributed by atoms with van der Waals surface area (Å²) in [5.74, 6) is 0. The van der Waals surface area contributed by atoms with Gasteiger partial charge in [-0.25, -0.2) is 0 Å². The summed E-state index contributed by atoms with van der Waals surface area (Å²) >= 11 is 0. The van der Waals surface area contributed by atoms with E-state index in [2.05, 4.69) is 253 Å². The summed E-state index contributed by atoms with van der Waals surface area (Å²) < 4.78 is 0. The van der Waals surface area contributed by atoms with Gasteiger partial charge in [0.05, 0.1) is 0 Å². The number of hydrogen-bond donors (Lipinski definition) is 0. The maximum atomic E-state index is 2.54. The van der Waals surface area contributed by atoms with Crippen molar-refractivity contribution < 1.29 is 0 Å². The van der Waals surface area contributed by atoms with Gasteiger partial charge >= 0.3 is 0 Å². The molecule has 0 fully saturated rings. The summed E-state index contributed by atoms with van der Waals surface area (Å²) in [7, 11) is 0. The van der Waals surface area contributed by atoms with Crippen molar-refractivity contribution in [3.8, 4) is 44.5 Å². The quantitative estimate of drug-likeness (QED) is 0.154. The Morgan fingerprint density at radius 3 is 0.843 bits per heavy atom. The molecule has 0 saturated carbocycles. The van der Waals surface area contributed by atoms with Gasteiger partial charge in [0.2, 0.25) is 0 Å². The van der Waals surface area contributed by atoms with E-state index in [9.17, 15) is 0 Å². The molecule has 0 unspecified atom stereocenters. The van der Waals surface area contributed by atoms with Crippen molar-refractivity contribution in [2.45, 2.75) is 105 Å². The highest BCUT2D eigenvalue weighted by molar-refractivity contribution is 6.43. The molecule has 0 aliphatic carbocycles. The lowest BCUT2D eigenvalue weighted by Gasteiger charge is -2.23. The third-order valence-corrected chi connectivity index (χ3v) is 15.8. The monoisotopic (exact) mass is 905 g/mol. The number of hydrogen-bond acceptors (Lipinski definition) is 0. The van der Waals surface area contributed by atoms with Crippen LogP contribution in [0.25, 0.3) is 120 Å². The van der Waals surface area contributed by atoms with Gasteiger partial charge in [-0.15, -0.1) is 0 Å². The average molecular weight is 905 g/mol. The van der Waals surface area contributed by atoms with E-state index in [0.717, 1.165) is 0 Å². The van der Waals surface area contributed by atoms with E-state index in [4.69, 9.17) is 0 Å². The SMILES string of the molecule is CC(C)(C)c1ccc(-c2ccc(C(C)(C)C)cc2-c2ccc3c4cc5c6ccccc6c6c(-c7cc(C(C)(C)C)ccc7-c7ccc(C(C)(C)C)cc7)ccc(c4cc4c7ccccc7c2c34)c56)cc1. The number of fused-ring (bicyclic) bond motifs is 9. The Labute approximate surface area is 414 Å². The van der Waals surface area contributed by atoms with Gasteiger partial charge in [0.15, 0.2) is 0 Å². The lowest BCUT2D eigenvalue weighted by Crippen LogP contribution is -2.11. The molecule has 0 heterocycles. The van der Waals surface area contributed by atoms with Crippen molar-refractivity contribution in [3.05, 3.63) is 192 Å². The normalized spacial score (nSPS) is 13.1. The van der Waals surface area contributed by atoms with Gasteiger partial charge in [0, 0.05) is 0 Å². The van der Waals surface area contributed by atoms with E-state index in [-0.39, 0.29) is 21.7 Å². The lowest BCUT2D eigenvalue weighted by molar-refractivity contribution is 0.590. The zero-order chi connectivity index (χ0) is 48.8. The maximum Gasteiger partial charge on any atom is -0.00137 e. The molecule has 70 heavy (non-hydrogen) atoms. The molecule has 0 saturated heterocycles. The standard InChI is InChI=1S/C70H64/c1-67(2,3)43-25-21-41(22-26-43)47-31-29-45(69(7,8)9)37-57(47)53-33-35-55-59-40-62-50-18-14-16-20-52(50)64-54(34-36-56(66(62)64)60(59)39-61-49-17-13-15-19-51(49)63(53)65(55)61)58-38-46(70(10,11)12)30-32-48(58)42-23-27-44(28-24-42)68(4,5)6/h13-40H,1-12H3. The topological polar surface area (TPSA) is 0 Å². The fourth-order valence-corrected chi connectivity index (χ4v) is 11.8. The molecule has 0 spiro atoms. The van der Waals surface area contributed by atoms with Gasteiger partial charge in [-0.3, -0.25) is 0 Å². The van der Waals surface area contributed by atoms with Crippen LogP contribution in [0.3, 0.4) is 0 Å². The number of rotatable bonds is 4. The average Bonchev–Trinajstić information content (AvgIpc) is 3.84. The molecule has 0 aliphatic heterocycles. The van der Waals surface area contributed by atoms with Crippen LogP contribution < -0.4 is 0 Å². The summed E-state index contributed by atoms with van der Waals surface area (Å²) in [6.07, 6.45) is 0. The van der Waals surface area contributed by atoms with E-state index >= 15 is 0 Å². The minimum Gasteiger partial charge on any atom is -0.0616 e. The van der Waals surface area contributed by atoms with Crippen LogP contribution in [0.2, 0.25) is 0 Å². The van der Waals surface area contributed by atoms with Crippen LogP contribution in [-0.4, -0.2) is 0 Å². The first-order valence-electron chi connectivity index (χ1n) is 25.5. The second kappa shape index (κ2) is 15.2. The van der Waals surface area contributed by atoms with E-state index in [1.807, 2.05) is 0 Å². The highest BCUT2D eigenvalue weighted by Gasteiger charge is 2.27. The molecule has 0 aromatic heterocycles. The van der Waals surface area contributed by atoms with Crippen molar-refractivity contribution >= 4 is 75.4 Å². The molecular formula is C70H64.